The topological polar surface area (TPSA) is 48.4 Å². The predicted octanol–water partition coefficient (Wildman–Crippen LogP) is 2.04. The van der Waals surface area contributed by atoms with Crippen LogP contribution < -0.4 is 10.5 Å². The summed E-state index contributed by atoms with van der Waals surface area (Å²) in [7, 11) is 1.53. The minimum atomic E-state index is -0.336. The molecule has 1 heterocycles. The molecule has 0 aliphatic carbocycles. The highest BCUT2D eigenvalue weighted by Gasteiger charge is 2.13. The molecule has 0 unspecified atom stereocenters. The zero-order valence-corrected chi connectivity index (χ0v) is 7.71. The van der Waals surface area contributed by atoms with Gasteiger partial charge in [0.05, 0.1) is 19.0 Å². The first-order valence-corrected chi connectivity index (χ1v) is 4.21. The van der Waals surface area contributed by atoms with E-state index in [0.29, 0.717) is 17.1 Å². The van der Waals surface area contributed by atoms with Gasteiger partial charge in [-0.05, 0) is 12.1 Å². The molecule has 0 aliphatic heterocycles. The van der Waals surface area contributed by atoms with Gasteiger partial charge >= 0.3 is 0 Å². The van der Waals surface area contributed by atoms with Crippen LogP contribution in [0.4, 0.5) is 4.39 Å². The van der Waals surface area contributed by atoms with Gasteiger partial charge in [0.1, 0.15) is 11.4 Å². The number of rotatable bonds is 2. The number of benzene rings is 1. The molecule has 0 saturated heterocycles. The summed E-state index contributed by atoms with van der Waals surface area (Å²) in [6, 6.07) is 4.30. The molecule has 0 aliphatic rings. The van der Waals surface area contributed by atoms with E-state index < -0.39 is 0 Å². The van der Waals surface area contributed by atoms with Gasteiger partial charge in [0.25, 0.3) is 0 Å². The van der Waals surface area contributed by atoms with E-state index in [4.69, 9.17) is 14.9 Å². The van der Waals surface area contributed by atoms with Crippen molar-refractivity contribution >= 4 is 11.0 Å². The number of hydrogen-bond donors (Lipinski definition) is 1. The maximum absolute atomic E-state index is 12.9. The van der Waals surface area contributed by atoms with Crippen molar-refractivity contribution in [1.82, 2.24) is 0 Å². The molecular formula is C10H10FNO2. The Hall–Kier alpha value is -1.55. The zero-order chi connectivity index (χ0) is 10.1. The van der Waals surface area contributed by atoms with Gasteiger partial charge in [-0.3, -0.25) is 0 Å². The minimum absolute atomic E-state index is 0.236. The summed E-state index contributed by atoms with van der Waals surface area (Å²) in [5, 5.41) is 0.745. The lowest BCUT2D eigenvalue weighted by Crippen LogP contribution is -1.96. The molecule has 0 radical (unpaired) electrons. The highest BCUT2D eigenvalue weighted by molar-refractivity contribution is 5.85. The van der Waals surface area contributed by atoms with Gasteiger partial charge in [0.2, 0.25) is 0 Å². The Kier molecular flexibility index (Phi) is 2.13. The van der Waals surface area contributed by atoms with Gasteiger partial charge < -0.3 is 14.9 Å². The van der Waals surface area contributed by atoms with Gasteiger partial charge in [-0.2, -0.15) is 0 Å². The molecule has 2 rings (SSSR count). The number of methoxy groups -OCH3 is 1. The lowest BCUT2D eigenvalue weighted by molar-refractivity contribution is 0.397. The van der Waals surface area contributed by atoms with Crippen molar-refractivity contribution in [2.75, 3.05) is 7.11 Å². The Morgan fingerprint density at radius 2 is 2.29 bits per heavy atom. The Bertz CT molecular complexity index is 464. The number of ether oxygens (including phenoxy) is 1. The van der Waals surface area contributed by atoms with Crippen LogP contribution in [0.2, 0.25) is 0 Å². The largest absolute Gasteiger partial charge is 0.492 e. The maximum atomic E-state index is 12.9. The molecule has 14 heavy (non-hydrogen) atoms. The fourth-order valence-corrected chi connectivity index (χ4v) is 1.46. The monoisotopic (exact) mass is 195 g/mol. The first-order chi connectivity index (χ1) is 6.76. The molecule has 0 atom stereocenters. The number of furan rings is 1. The molecule has 0 bridgehead atoms. The highest BCUT2D eigenvalue weighted by atomic mass is 19.1. The third kappa shape index (κ3) is 1.24. The number of nitrogens with two attached hydrogens (primary N) is 1. The van der Waals surface area contributed by atoms with E-state index in [1.165, 1.54) is 19.2 Å². The molecule has 2 N–H and O–H groups in total. The summed E-state index contributed by atoms with van der Waals surface area (Å²) in [6.45, 7) is 0.236. The summed E-state index contributed by atoms with van der Waals surface area (Å²) in [5.41, 5.74) is 5.92. The average molecular weight is 195 g/mol. The summed E-state index contributed by atoms with van der Waals surface area (Å²) in [4.78, 5) is 0. The van der Waals surface area contributed by atoms with Crippen LogP contribution in [-0.4, -0.2) is 7.11 Å². The molecular weight excluding hydrogens is 185 g/mol. The average Bonchev–Trinajstić information content (AvgIpc) is 2.54. The van der Waals surface area contributed by atoms with Crippen LogP contribution in [0.3, 0.4) is 0 Å². The first-order valence-electron chi connectivity index (χ1n) is 4.21. The summed E-state index contributed by atoms with van der Waals surface area (Å²) < 4.78 is 23.3. The molecule has 0 fully saturated rings. The van der Waals surface area contributed by atoms with E-state index in [0.717, 1.165) is 5.39 Å². The smallest absolute Gasteiger partial charge is 0.169 e. The Morgan fingerprint density at radius 1 is 1.50 bits per heavy atom. The Morgan fingerprint density at radius 3 is 2.93 bits per heavy atom. The zero-order valence-electron chi connectivity index (χ0n) is 7.71. The third-order valence-electron chi connectivity index (χ3n) is 2.06. The van der Waals surface area contributed by atoms with Gasteiger partial charge in [-0.25, -0.2) is 4.39 Å². The highest BCUT2D eigenvalue weighted by Crippen LogP contribution is 2.32. The standard InChI is InChI=1S/C10H10FNO2/c1-13-10-7-3-2-6(11)4-8(7)14-9(10)5-12/h2-4H,5,12H2,1H3. The van der Waals surface area contributed by atoms with E-state index in [9.17, 15) is 4.39 Å². The van der Waals surface area contributed by atoms with E-state index in [1.54, 1.807) is 6.07 Å². The number of hydrogen-bond acceptors (Lipinski definition) is 3. The molecule has 0 saturated carbocycles. The molecule has 1 aromatic heterocycles. The van der Waals surface area contributed by atoms with Crippen LogP contribution in [-0.2, 0) is 6.54 Å². The fraction of sp³-hybridized carbons (Fsp3) is 0.200. The molecule has 0 amide bonds. The lowest BCUT2D eigenvalue weighted by Gasteiger charge is -1.97. The van der Waals surface area contributed by atoms with Crippen LogP contribution in [0.5, 0.6) is 5.75 Å². The van der Waals surface area contributed by atoms with Crippen molar-refractivity contribution < 1.29 is 13.5 Å². The molecule has 0 spiro atoms. The molecule has 74 valence electrons. The van der Waals surface area contributed by atoms with Gasteiger partial charge in [0.15, 0.2) is 11.5 Å². The van der Waals surface area contributed by atoms with Gasteiger partial charge in [0, 0.05) is 6.07 Å². The Balaban J connectivity index is 2.73. The van der Waals surface area contributed by atoms with E-state index in [1.807, 2.05) is 0 Å². The fourth-order valence-electron chi connectivity index (χ4n) is 1.46. The second-order valence-corrected chi connectivity index (χ2v) is 2.90. The van der Waals surface area contributed by atoms with E-state index in [2.05, 4.69) is 0 Å². The Labute approximate surface area is 80.3 Å². The summed E-state index contributed by atoms with van der Waals surface area (Å²) in [6.07, 6.45) is 0. The third-order valence-corrected chi connectivity index (χ3v) is 2.06. The SMILES string of the molecule is COc1c(CN)oc2cc(F)ccc12. The quantitative estimate of drug-likeness (QED) is 0.797. The van der Waals surface area contributed by atoms with Crippen LogP contribution in [0.1, 0.15) is 5.76 Å². The van der Waals surface area contributed by atoms with Crippen molar-refractivity contribution in [1.29, 1.82) is 0 Å². The second kappa shape index (κ2) is 3.31. The van der Waals surface area contributed by atoms with Gasteiger partial charge in [-0.1, -0.05) is 0 Å². The number of fused-ring (bicyclic) bond motifs is 1. The van der Waals surface area contributed by atoms with Crippen LogP contribution >= 0.6 is 0 Å². The van der Waals surface area contributed by atoms with Crippen LogP contribution in [0.15, 0.2) is 22.6 Å². The number of halogens is 1. The van der Waals surface area contributed by atoms with Crippen molar-refractivity contribution in [2.45, 2.75) is 6.54 Å². The molecule has 4 heteroatoms. The van der Waals surface area contributed by atoms with Crippen molar-refractivity contribution in [3.8, 4) is 5.75 Å². The predicted molar refractivity (Wildman–Crippen MR) is 50.6 cm³/mol. The molecule has 3 nitrogen and oxygen atoms in total. The van der Waals surface area contributed by atoms with Gasteiger partial charge in [-0.15, -0.1) is 0 Å². The first kappa shape index (κ1) is 9.02. The van der Waals surface area contributed by atoms with E-state index in [-0.39, 0.29) is 12.4 Å². The maximum Gasteiger partial charge on any atom is 0.169 e. The van der Waals surface area contributed by atoms with Crippen LogP contribution in [0, 0.1) is 5.82 Å². The minimum Gasteiger partial charge on any atom is -0.492 e. The summed E-state index contributed by atoms with van der Waals surface area (Å²) >= 11 is 0. The lowest BCUT2D eigenvalue weighted by atomic mass is 10.2. The second-order valence-electron chi connectivity index (χ2n) is 2.90. The normalized spacial score (nSPS) is 10.8. The van der Waals surface area contributed by atoms with E-state index >= 15 is 0 Å². The van der Waals surface area contributed by atoms with Crippen molar-refractivity contribution in [3.63, 3.8) is 0 Å². The summed E-state index contributed by atoms with van der Waals surface area (Å²) in [5.74, 6) is 0.785. The molecule has 2 aromatic rings. The van der Waals surface area contributed by atoms with Crippen molar-refractivity contribution in [2.24, 2.45) is 5.73 Å². The van der Waals surface area contributed by atoms with Crippen LogP contribution in [0.25, 0.3) is 11.0 Å². The van der Waals surface area contributed by atoms with Crippen molar-refractivity contribution in [3.05, 3.63) is 29.8 Å². The molecule has 1 aromatic carbocycles.